The molecule has 1 unspecified atom stereocenters. The number of carbonyl (C=O) groups excluding carboxylic acids is 3. The van der Waals surface area contributed by atoms with E-state index >= 15 is 0 Å². The van der Waals surface area contributed by atoms with Crippen LogP contribution < -0.4 is 10.6 Å². The average molecular weight is 423 g/mol. The molecule has 1 heterocycles. The number of benzene rings is 2. The maximum Gasteiger partial charge on any atom is 0.329 e. The first-order chi connectivity index (χ1) is 14.6. The Morgan fingerprint density at radius 3 is 2.17 bits per heavy atom. The van der Waals surface area contributed by atoms with Crippen LogP contribution in [0.3, 0.4) is 0 Å². The topological polar surface area (TPSA) is 84.5 Å². The Balaban J connectivity index is 1.56. The van der Waals surface area contributed by atoms with Crippen molar-refractivity contribution in [2.45, 2.75) is 19.0 Å². The van der Waals surface area contributed by atoms with E-state index in [2.05, 4.69) is 10.6 Å². The van der Waals surface area contributed by atoms with Crippen LogP contribution in [0.5, 0.6) is 0 Å². The fraction of sp³-hybridized carbons (Fsp3) is 0.174. The largest absolute Gasteiger partial charge is 0.454 e. The lowest BCUT2D eigenvalue weighted by Gasteiger charge is -2.17. The third kappa shape index (κ3) is 6.56. The molecule has 0 spiro atoms. The van der Waals surface area contributed by atoms with Crippen LogP contribution in [0.25, 0.3) is 0 Å². The fourth-order valence-corrected chi connectivity index (χ4v) is 3.39. The van der Waals surface area contributed by atoms with Crippen LogP contribution in [0.4, 0.5) is 0 Å². The Morgan fingerprint density at radius 2 is 1.53 bits per heavy atom. The van der Waals surface area contributed by atoms with Crippen LogP contribution in [0, 0.1) is 0 Å². The second kappa shape index (κ2) is 10.9. The number of esters is 1. The van der Waals surface area contributed by atoms with Crippen LogP contribution in [0.2, 0.25) is 0 Å². The van der Waals surface area contributed by atoms with E-state index in [4.69, 9.17) is 4.74 Å². The first-order valence-electron chi connectivity index (χ1n) is 9.47. The molecule has 1 atom stereocenters. The van der Waals surface area contributed by atoms with Gasteiger partial charge in [-0.15, -0.1) is 11.3 Å². The first kappa shape index (κ1) is 21.3. The third-order valence-corrected chi connectivity index (χ3v) is 5.16. The van der Waals surface area contributed by atoms with Gasteiger partial charge in [-0.3, -0.25) is 9.59 Å². The van der Waals surface area contributed by atoms with Gasteiger partial charge in [-0.25, -0.2) is 4.79 Å². The van der Waals surface area contributed by atoms with Crippen LogP contribution in [-0.4, -0.2) is 30.4 Å². The number of carbonyl (C=O) groups is 3. The van der Waals surface area contributed by atoms with E-state index in [9.17, 15) is 14.4 Å². The number of hydrogen-bond acceptors (Lipinski definition) is 5. The van der Waals surface area contributed by atoms with E-state index in [1.165, 1.54) is 11.3 Å². The lowest BCUT2D eigenvalue weighted by molar-refractivity contribution is -0.150. The lowest BCUT2D eigenvalue weighted by Crippen LogP contribution is -2.44. The standard InChI is InChI=1S/C23H22N2O4S/c26-21(24-15-18-10-5-2-6-11-18)16-29-23(28)19(14-17-8-3-1-4-9-17)25-22(27)20-12-7-13-30-20/h1-13,19H,14-16H2,(H,24,26)(H,25,27). The summed E-state index contributed by atoms with van der Waals surface area (Å²) in [4.78, 5) is 37.6. The summed E-state index contributed by atoms with van der Waals surface area (Å²) in [6.07, 6.45) is 0.266. The molecule has 3 rings (SSSR count). The van der Waals surface area contributed by atoms with Crippen LogP contribution in [0.15, 0.2) is 78.2 Å². The molecule has 7 heteroatoms. The van der Waals surface area contributed by atoms with Crippen molar-refractivity contribution in [1.82, 2.24) is 10.6 Å². The molecule has 2 amide bonds. The fourth-order valence-electron chi connectivity index (χ4n) is 2.77. The molecule has 0 fully saturated rings. The quantitative estimate of drug-likeness (QED) is 0.519. The minimum atomic E-state index is -0.899. The summed E-state index contributed by atoms with van der Waals surface area (Å²) in [6.45, 7) is -0.0639. The normalized spacial score (nSPS) is 11.3. The van der Waals surface area contributed by atoms with Gasteiger partial charge in [0, 0.05) is 13.0 Å². The zero-order chi connectivity index (χ0) is 21.2. The van der Waals surface area contributed by atoms with Gasteiger partial charge in [-0.2, -0.15) is 0 Å². The summed E-state index contributed by atoms with van der Waals surface area (Å²) in [6, 6.07) is 21.3. The second-order valence-corrected chi connectivity index (χ2v) is 7.51. The number of hydrogen-bond donors (Lipinski definition) is 2. The molecule has 3 aromatic rings. The summed E-state index contributed by atoms with van der Waals surface area (Å²) in [5.74, 6) is -1.41. The van der Waals surface area contributed by atoms with Gasteiger partial charge in [-0.05, 0) is 22.6 Å². The monoisotopic (exact) mass is 422 g/mol. The Morgan fingerprint density at radius 1 is 0.867 bits per heavy atom. The number of amides is 2. The highest BCUT2D eigenvalue weighted by molar-refractivity contribution is 7.12. The molecular formula is C23H22N2O4S. The van der Waals surface area contributed by atoms with Gasteiger partial charge in [0.2, 0.25) is 0 Å². The Kier molecular flexibility index (Phi) is 7.74. The first-order valence-corrected chi connectivity index (χ1v) is 10.4. The van der Waals surface area contributed by atoms with Crippen LogP contribution in [0.1, 0.15) is 20.8 Å². The maximum atomic E-state index is 12.6. The Labute approximate surface area is 178 Å². The van der Waals surface area contributed by atoms with E-state index in [1.54, 1.807) is 17.5 Å². The molecule has 0 radical (unpaired) electrons. The van der Waals surface area contributed by atoms with E-state index in [0.717, 1.165) is 11.1 Å². The second-order valence-electron chi connectivity index (χ2n) is 6.56. The van der Waals surface area contributed by atoms with Crippen molar-refractivity contribution in [3.8, 4) is 0 Å². The molecule has 0 aliphatic rings. The van der Waals surface area contributed by atoms with Gasteiger partial charge in [0.1, 0.15) is 6.04 Å². The van der Waals surface area contributed by atoms with Crippen molar-refractivity contribution in [2.75, 3.05) is 6.61 Å². The summed E-state index contributed by atoms with van der Waals surface area (Å²) in [5, 5.41) is 7.21. The highest BCUT2D eigenvalue weighted by Gasteiger charge is 2.24. The highest BCUT2D eigenvalue weighted by atomic mass is 32.1. The molecule has 30 heavy (non-hydrogen) atoms. The predicted octanol–water partition coefficient (Wildman–Crippen LogP) is 2.95. The Bertz CT molecular complexity index is 959. The zero-order valence-corrected chi connectivity index (χ0v) is 17.1. The van der Waals surface area contributed by atoms with Gasteiger partial charge in [-0.1, -0.05) is 66.7 Å². The number of rotatable bonds is 9. The smallest absolute Gasteiger partial charge is 0.329 e. The van der Waals surface area contributed by atoms with Crippen molar-refractivity contribution >= 4 is 29.1 Å². The van der Waals surface area contributed by atoms with Crippen molar-refractivity contribution in [2.24, 2.45) is 0 Å². The highest BCUT2D eigenvalue weighted by Crippen LogP contribution is 2.10. The maximum absolute atomic E-state index is 12.6. The van der Waals surface area contributed by atoms with Gasteiger partial charge in [0.05, 0.1) is 4.88 Å². The van der Waals surface area contributed by atoms with E-state index in [0.29, 0.717) is 11.4 Å². The van der Waals surface area contributed by atoms with E-state index < -0.39 is 24.5 Å². The summed E-state index contributed by atoms with van der Waals surface area (Å²) in [5.41, 5.74) is 1.82. The third-order valence-electron chi connectivity index (χ3n) is 4.30. The summed E-state index contributed by atoms with van der Waals surface area (Å²) < 4.78 is 5.18. The molecule has 0 saturated carbocycles. The molecule has 0 bridgehead atoms. The number of ether oxygens (including phenoxy) is 1. The summed E-state index contributed by atoms with van der Waals surface area (Å²) in [7, 11) is 0. The molecule has 6 nitrogen and oxygen atoms in total. The lowest BCUT2D eigenvalue weighted by atomic mass is 10.1. The van der Waals surface area contributed by atoms with Crippen molar-refractivity contribution in [1.29, 1.82) is 0 Å². The van der Waals surface area contributed by atoms with E-state index in [1.807, 2.05) is 60.7 Å². The zero-order valence-electron chi connectivity index (χ0n) is 16.2. The molecule has 0 aliphatic heterocycles. The van der Waals surface area contributed by atoms with Crippen LogP contribution >= 0.6 is 11.3 Å². The molecule has 1 aromatic heterocycles. The molecule has 154 valence electrons. The molecule has 0 saturated heterocycles. The molecule has 2 N–H and O–H groups in total. The number of nitrogens with one attached hydrogen (secondary N) is 2. The number of thiophene rings is 1. The van der Waals surface area contributed by atoms with Gasteiger partial charge in [0.25, 0.3) is 11.8 Å². The predicted molar refractivity (Wildman–Crippen MR) is 115 cm³/mol. The van der Waals surface area contributed by atoms with Crippen molar-refractivity contribution in [3.05, 3.63) is 94.2 Å². The Hall–Kier alpha value is -3.45. The van der Waals surface area contributed by atoms with E-state index in [-0.39, 0.29) is 12.3 Å². The van der Waals surface area contributed by atoms with Crippen molar-refractivity contribution in [3.63, 3.8) is 0 Å². The minimum absolute atomic E-state index is 0.266. The van der Waals surface area contributed by atoms with Crippen LogP contribution in [-0.2, 0) is 27.3 Å². The summed E-state index contributed by atoms with van der Waals surface area (Å²) >= 11 is 1.29. The van der Waals surface area contributed by atoms with Gasteiger partial charge < -0.3 is 15.4 Å². The molecule has 2 aromatic carbocycles. The van der Waals surface area contributed by atoms with Crippen molar-refractivity contribution < 1.29 is 19.1 Å². The average Bonchev–Trinajstić information content (AvgIpc) is 3.32. The van der Waals surface area contributed by atoms with Gasteiger partial charge in [0.15, 0.2) is 6.61 Å². The molecule has 0 aliphatic carbocycles. The van der Waals surface area contributed by atoms with Gasteiger partial charge >= 0.3 is 5.97 Å². The SMILES string of the molecule is O=C(COC(=O)C(Cc1ccccc1)NC(=O)c1cccs1)NCc1ccccc1. The minimum Gasteiger partial charge on any atom is -0.454 e. The molecular weight excluding hydrogens is 400 g/mol.